The second-order valence-corrected chi connectivity index (χ2v) is 2.41. The molecule has 0 radical (unpaired) electrons. The smallest absolute Gasteiger partial charge is 0.186 e. The highest BCUT2D eigenvalue weighted by Crippen LogP contribution is 2.09. The van der Waals surface area contributed by atoms with Crippen LogP contribution in [0.2, 0.25) is 0 Å². The third-order valence-corrected chi connectivity index (χ3v) is 1.64. The van der Waals surface area contributed by atoms with Gasteiger partial charge in [-0.2, -0.15) is 0 Å². The molecule has 0 bridgehead atoms. The second kappa shape index (κ2) is 2.30. The van der Waals surface area contributed by atoms with Gasteiger partial charge in [0.2, 0.25) is 0 Å². The van der Waals surface area contributed by atoms with Crippen molar-refractivity contribution >= 4 is 28.9 Å². The molecule has 0 saturated carbocycles. The maximum absolute atomic E-state index is 9.99. The van der Waals surface area contributed by atoms with Crippen LogP contribution in [0.1, 0.15) is 10.6 Å². The minimum atomic E-state index is 0.408. The Morgan fingerprint density at radius 1 is 1.75 bits per heavy atom. The lowest BCUT2D eigenvalue weighted by Gasteiger charge is -1.76. The lowest BCUT2D eigenvalue weighted by atomic mass is 10.5. The van der Waals surface area contributed by atoms with Gasteiger partial charge < -0.3 is 4.42 Å². The number of hydrogen-bond donors (Lipinski definition) is 0. The number of rotatable bonds is 1. The van der Waals surface area contributed by atoms with Gasteiger partial charge in [0.25, 0.3) is 0 Å². The van der Waals surface area contributed by atoms with E-state index in [9.17, 15) is 4.79 Å². The van der Waals surface area contributed by atoms with Gasteiger partial charge in [-0.3, -0.25) is 4.79 Å². The van der Waals surface area contributed by atoms with Crippen molar-refractivity contribution in [3.63, 3.8) is 0 Å². The Morgan fingerprint density at radius 3 is 2.75 bits per heavy atom. The summed E-state index contributed by atoms with van der Waals surface area (Å²) >= 11 is 2.03. The molecule has 0 aromatic carbocycles. The molecule has 1 aromatic heterocycles. The van der Waals surface area contributed by atoms with Crippen LogP contribution in [0.3, 0.4) is 0 Å². The van der Waals surface area contributed by atoms with Crippen LogP contribution in [0.5, 0.6) is 0 Å². The summed E-state index contributed by atoms with van der Waals surface area (Å²) < 4.78 is 5.60. The van der Waals surface area contributed by atoms with Gasteiger partial charge in [0, 0.05) is 0 Å². The minimum absolute atomic E-state index is 0.408. The van der Waals surface area contributed by atoms with Gasteiger partial charge in [0.05, 0.1) is 9.83 Å². The van der Waals surface area contributed by atoms with E-state index >= 15 is 0 Å². The van der Waals surface area contributed by atoms with Gasteiger partial charge in [-0.15, -0.1) is 0 Å². The Labute approximate surface area is 60.0 Å². The highest BCUT2D eigenvalue weighted by atomic mass is 127. The average Bonchev–Trinajstić information content (AvgIpc) is 2.14. The Bertz CT molecular complexity index is 192. The standard InChI is InChI=1S/C5H3IO2/c6-4-1-2-8-5(4)3-7/h1-3H. The molecule has 0 unspecified atom stereocenters. The second-order valence-electron chi connectivity index (χ2n) is 1.25. The molecule has 0 aliphatic heterocycles. The fourth-order valence-electron chi connectivity index (χ4n) is 0.390. The minimum Gasteiger partial charge on any atom is -0.460 e. The van der Waals surface area contributed by atoms with Crippen molar-refractivity contribution in [1.29, 1.82) is 0 Å². The SMILES string of the molecule is O=Cc1occc1I. The Hall–Kier alpha value is -0.320. The van der Waals surface area contributed by atoms with Crippen LogP contribution in [0.15, 0.2) is 16.7 Å². The van der Waals surface area contributed by atoms with Crippen molar-refractivity contribution in [3.8, 4) is 0 Å². The first-order chi connectivity index (χ1) is 3.84. The first-order valence-electron chi connectivity index (χ1n) is 2.03. The highest BCUT2D eigenvalue weighted by molar-refractivity contribution is 14.1. The molecule has 2 nitrogen and oxygen atoms in total. The zero-order chi connectivity index (χ0) is 5.98. The molecule has 3 heteroatoms. The zero-order valence-electron chi connectivity index (χ0n) is 3.93. The predicted octanol–water partition coefficient (Wildman–Crippen LogP) is 1.70. The van der Waals surface area contributed by atoms with Crippen LogP contribution >= 0.6 is 22.6 Å². The van der Waals surface area contributed by atoms with Crippen LogP contribution < -0.4 is 0 Å². The summed E-state index contributed by atoms with van der Waals surface area (Å²) in [5, 5.41) is 0. The molecule has 0 aliphatic rings. The number of hydrogen-bond acceptors (Lipinski definition) is 2. The summed E-state index contributed by atoms with van der Waals surface area (Å²) in [5.41, 5.74) is 0. The molecule has 0 saturated heterocycles. The van der Waals surface area contributed by atoms with Crippen LogP contribution in [0.4, 0.5) is 0 Å². The van der Waals surface area contributed by atoms with E-state index in [0.717, 1.165) is 3.57 Å². The maximum Gasteiger partial charge on any atom is 0.186 e. The number of aldehydes is 1. The van der Waals surface area contributed by atoms with Crippen molar-refractivity contribution in [2.45, 2.75) is 0 Å². The van der Waals surface area contributed by atoms with Gasteiger partial charge in [-0.05, 0) is 28.7 Å². The summed E-state index contributed by atoms with van der Waals surface area (Å²) in [6.45, 7) is 0. The van der Waals surface area contributed by atoms with E-state index in [2.05, 4.69) is 0 Å². The summed E-state index contributed by atoms with van der Waals surface area (Å²) in [6, 6.07) is 1.74. The average molecular weight is 222 g/mol. The van der Waals surface area contributed by atoms with Crippen molar-refractivity contribution < 1.29 is 9.21 Å². The number of carbonyl (C=O) groups excluding carboxylic acids is 1. The van der Waals surface area contributed by atoms with E-state index in [0.29, 0.717) is 12.0 Å². The molecular formula is C5H3IO2. The number of carbonyl (C=O) groups is 1. The maximum atomic E-state index is 9.99. The highest BCUT2D eigenvalue weighted by Gasteiger charge is 1.97. The molecule has 1 aromatic rings. The van der Waals surface area contributed by atoms with Crippen molar-refractivity contribution in [3.05, 3.63) is 21.7 Å². The van der Waals surface area contributed by atoms with E-state index in [1.165, 1.54) is 6.26 Å². The summed E-state index contributed by atoms with van der Waals surface area (Å²) in [4.78, 5) is 9.99. The Balaban J connectivity index is 3.09. The van der Waals surface area contributed by atoms with Crippen LogP contribution in [-0.4, -0.2) is 6.29 Å². The van der Waals surface area contributed by atoms with E-state index < -0.39 is 0 Å². The topological polar surface area (TPSA) is 30.2 Å². The third kappa shape index (κ3) is 0.912. The van der Waals surface area contributed by atoms with Crippen molar-refractivity contribution in [2.24, 2.45) is 0 Å². The molecule has 0 spiro atoms. The van der Waals surface area contributed by atoms with Crippen molar-refractivity contribution in [1.82, 2.24) is 0 Å². The van der Waals surface area contributed by atoms with Gasteiger partial charge in [-0.1, -0.05) is 0 Å². The molecule has 0 aliphatic carbocycles. The number of halogens is 1. The molecule has 8 heavy (non-hydrogen) atoms. The van der Waals surface area contributed by atoms with E-state index in [-0.39, 0.29) is 0 Å². The zero-order valence-corrected chi connectivity index (χ0v) is 6.08. The van der Waals surface area contributed by atoms with E-state index in [4.69, 9.17) is 4.42 Å². The molecule has 0 atom stereocenters. The first kappa shape index (κ1) is 5.81. The predicted molar refractivity (Wildman–Crippen MR) is 36.8 cm³/mol. The molecule has 1 heterocycles. The monoisotopic (exact) mass is 222 g/mol. The van der Waals surface area contributed by atoms with E-state index in [1.54, 1.807) is 6.07 Å². The van der Waals surface area contributed by atoms with Crippen LogP contribution in [-0.2, 0) is 0 Å². The van der Waals surface area contributed by atoms with Crippen LogP contribution in [0, 0.1) is 3.57 Å². The normalized spacial score (nSPS) is 9.12. The van der Waals surface area contributed by atoms with Gasteiger partial charge >= 0.3 is 0 Å². The van der Waals surface area contributed by atoms with Gasteiger partial charge in [0.15, 0.2) is 12.0 Å². The summed E-state index contributed by atoms with van der Waals surface area (Å²) in [5.74, 6) is 0.408. The van der Waals surface area contributed by atoms with Crippen molar-refractivity contribution in [2.75, 3.05) is 0 Å². The fourth-order valence-corrected chi connectivity index (χ4v) is 0.791. The number of furan rings is 1. The van der Waals surface area contributed by atoms with Gasteiger partial charge in [-0.25, -0.2) is 0 Å². The molecule has 42 valence electrons. The van der Waals surface area contributed by atoms with E-state index in [1.807, 2.05) is 22.6 Å². The lowest BCUT2D eigenvalue weighted by molar-refractivity contribution is 0.109. The molecule has 0 amide bonds. The lowest BCUT2D eigenvalue weighted by Crippen LogP contribution is -1.73. The van der Waals surface area contributed by atoms with Gasteiger partial charge in [0.1, 0.15) is 0 Å². The Kier molecular flexibility index (Phi) is 1.67. The largest absolute Gasteiger partial charge is 0.460 e. The quantitative estimate of drug-likeness (QED) is 0.534. The summed E-state index contributed by atoms with van der Waals surface area (Å²) in [6.07, 6.45) is 2.19. The molecule has 0 fully saturated rings. The first-order valence-corrected chi connectivity index (χ1v) is 3.10. The molecule has 0 N–H and O–H groups in total. The summed E-state index contributed by atoms with van der Waals surface area (Å²) in [7, 11) is 0. The fraction of sp³-hybridized carbons (Fsp3) is 0. The Morgan fingerprint density at radius 2 is 2.50 bits per heavy atom. The third-order valence-electron chi connectivity index (χ3n) is 0.752. The van der Waals surface area contributed by atoms with Crippen LogP contribution in [0.25, 0.3) is 0 Å². The molecular weight excluding hydrogens is 219 g/mol. The molecule has 1 rings (SSSR count).